The Morgan fingerprint density at radius 2 is 2.21 bits per heavy atom. The Labute approximate surface area is 83.0 Å². The highest BCUT2D eigenvalue weighted by atomic mass is 16.2. The van der Waals surface area contributed by atoms with Gasteiger partial charge in [0.25, 0.3) is 0 Å². The van der Waals surface area contributed by atoms with E-state index in [1.54, 1.807) is 4.90 Å². The first kappa shape index (κ1) is 9.24. The van der Waals surface area contributed by atoms with Gasteiger partial charge < -0.3 is 10.2 Å². The molecule has 2 saturated heterocycles. The minimum Gasteiger partial charge on any atom is -0.330 e. The zero-order valence-corrected chi connectivity index (χ0v) is 8.30. The molecule has 2 amide bonds. The number of carbonyl (C=O) groups excluding carboxylic acids is 2. The molecule has 4 heteroatoms. The summed E-state index contributed by atoms with van der Waals surface area (Å²) in [6, 6.07) is 0. The summed E-state index contributed by atoms with van der Waals surface area (Å²) in [6.07, 6.45) is 2.26. The van der Waals surface area contributed by atoms with Crippen LogP contribution in [0, 0.1) is 0 Å². The van der Waals surface area contributed by atoms with Crippen molar-refractivity contribution in [3.63, 3.8) is 0 Å². The van der Waals surface area contributed by atoms with Crippen molar-refractivity contribution < 1.29 is 9.59 Å². The summed E-state index contributed by atoms with van der Waals surface area (Å²) in [4.78, 5) is 24.8. The normalized spacial score (nSPS) is 32.6. The summed E-state index contributed by atoms with van der Waals surface area (Å²) in [5.74, 6) is -0.0154. The minimum absolute atomic E-state index is 0.111. The van der Waals surface area contributed by atoms with Gasteiger partial charge in [-0.05, 0) is 19.8 Å². The lowest BCUT2D eigenvalue weighted by Gasteiger charge is -2.48. The summed E-state index contributed by atoms with van der Waals surface area (Å²) in [7, 11) is 0. The minimum atomic E-state index is -0.479. The lowest BCUT2D eigenvalue weighted by molar-refractivity contribution is -0.147. The molecule has 0 aromatic rings. The lowest BCUT2D eigenvalue weighted by Crippen LogP contribution is -2.66. The molecular formula is C10H14N2O2. The molecular weight excluding hydrogens is 180 g/mol. The molecule has 0 radical (unpaired) electrons. The fraction of sp³-hybridized carbons (Fsp3) is 0.600. The highest BCUT2D eigenvalue weighted by Crippen LogP contribution is 2.29. The first-order valence-electron chi connectivity index (χ1n) is 4.84. The molecule has 0 aliphatic carbocycles. The third kappa shape index (κ3) is 1.22. The zero-order valence-electron chi connectivity index (χ0n) is 8.30. The Hall–Kier alpha value is -1.32. The molecule has 0 spiro atoms. The number of nitrogens with zero attached hydrogens (tertiary/aromatic N) is 1. The molecule has 2 rings (SSSR count). The molecule has 2 aliphatic rings. The Morgan fingerprint density at radius 1 is 1.50 bits per heavy atom. The van der Waals surface area contributed by atoms with E-state index in [2.05, 4.69) is 11.9 Å². The topological polar surface area (TPSA) is 49.4 Å². The Balaban J connectivity index is 2.29. The van der Waals surface area contributed by atoms with Crippen LogP contribution >= 0.6 is 0 Å². The van der Waals surface area contributed by atoms with Crippen LogP contribution in [0.25, 0.3) is 0 Å². The number of rotatable bonds is 0. The fourth-order valence-electron chi connectivity index (χ4n) is 2.12. The number of carbonyl (C=O) groups is 2. The zero-order chi connectivity index (χ0) is 10.3. The van der Waals surface area contributed by atoms with Crippen molar-refractivity contribution in [2.24, 2.45) is 0 Å². The highest BCUT2D eigenvalue weighted by molar-refractivity contribution is 5.96. The molecule has 1 N–H and O–H groups in total. The summed E-state index contributed by atoms with van der Waals surface area (Å²) < 4.78 is 0. The third-order valence-electron chi connectivity index (χ3n) is 3.00. The van der Waals surface area contributed by atoms with Gasteiger partial charge in [0, 0.05) is 12.0 Å². The van der Waals surface area contributed by atoms with Gasteiger partial charge in [-0.3, -0.25) is 9.59 Å². The maximum absolute atomic E-state index is 11.6. The van der Waals surface area contributed by atoms with Crippen LogP contribution in [-0.4, -0.2) is 28.9 Å². The van der Waals surface area contributed by atoms with E-state index in [-0.39, 0.29) is 11.8 Å². The van der Waals surface area contributed by atoms with E-state index < -0.39 is 5.66 Å². The summed E-state index contributed by atoms with van der Waals surface area (Å²) >= 11 is 0. The second-order valence-corrected chi connectivity index (χ2v) is 4.16. The van der Waals surface area contributed by atoms with Crippen molar-refractivity contribution in [2.75, 3.05) is 6.54 Å². The quantitative estimate of drug-likeness (QED) is 0.567. The smallest absolute Gasteiger partial charge is 0.250 e. The maximum atomic E-state index is 11.6. The van der Waals surface area contributed by atoms with Crippen LogP contribution in [0.2, 0.25) is 0 Å². The average molecular weight is 194 g/mol. The molecule has 14 heavy (non-hydrogen) atoms. The van der Waals surface area contributed by atoms with Gasteiger partial charge in [0.1, 0.15) is 5.66 Å². The van der Waals surface area contributed by atoms with Crippen LogP contribution in [-0.2, 0) is 9.59 Å². The van der Waals surface area contributed by atoms with Gasteiger partial charge in [-0.15, -0.1) is 0 Å². The monoisotopic (exact) mass is 194 g/mol. The standard InChI is InChI=1S/C10H14N2O2/c1-7-6-12-8(13)4-3-5-10(12,2)11-9(7)14/h1,3-6H2,2H3,(H,11,14). The Morgan fingerprint density at radius 3 is 2.93 bits per heavy atom. The predicted molar refractivity (Wildman–Crippen MR) is 51.3 cm³/mol. The molecule has 2 fully saturated rings. The van der Waals surface area contributed by atoms with E-state index in [1.165, 1.54) is 0 Å². The summed E-state index contributed by atoms with van der Waals surface area (Å²) in [6.45, 7) is 5.92. The number of hydrogen-bond acceptors (Lipinski definition) is 2. The summed E-state index contributed by atoms with van der Waals surface area (Å²) in [5.41, 5.74) is -0.00845. The van der Waals surface area contributed by atoms with Crippen LogP contribution in [0.3, 0.4) is 0 Å². The number of hydrogen-bond donors (Lipinski definition) is 1. The third-order valence-corrected chi connectivity index (χ3v) is 3.00. The van der Waals surface area contributed by atoms with E-state index in [9.17, 15) is 9.59 Å². The molecule has 2 heterocycles. The van der Waals surface area contributed by atoms with Crippen molar-refractivity contribution in [3.8, 4) is 0 Å². The Bertz CT molecular complexity index is 324. The molecule has 2 aliphatic heterocycles. The fourth-order valence-corrected chi connectivity index (χ4v) is 2.12. The molecule has 0 aromatic carbocycles. The first-order chi connectivity index (χ1) is 6.53. The largest absolute Gasteiger partial charge is 0.330 e. The van der Waals surface area contributed by atoms with E-state index in [4.69, 9.17) is 0 Å². The molecule has 0 aromatic heterocycles. The molecule has 0 saturated carbocycles. The van der Waals surface area contributed by atoms with Crippen molar-refractivity contribution in [2.45, 2.75) is 31.8 Å². The predicted octanol–water partition coefficient (Wildman–Crippen LogP) is 0.401. The first-order valence-corrected chi connectivity index (χ1v) is 4.84. The van der Waals surface area contributed by atoms with E-state index in [1.807, 2.05) is 6.92 Å². The van der Waals surface area contributed by atoms with Crippen LogP contribution < -0.4 is 5.32 Å². The molecule has 76 valence electrons. The molecule has 0 bridgehead atoms. The van der Waals surface area contributed by atoms with E-state index in [0.717, 1.165) is 12.8 Å². The number of piperidine rings is 1. The van der Waals surface area contributed by atoms with Gasteiger partial charge in [-0.2, -0.15) is 0 Å². The maximum Gasteiger partial charge on any atom is 0.250 e. The molecule has 4 nitrogen and oxygen atoms in total. The van der Waals surface area contributed by atoms with E-state index >= 15 is 0 Å². The van der Waals surface area contributed by atoms with Crippen LogP contribution in [0.15, 0.2) is 12.2 Å². The number of nitrogens with one attached hydrogen (secondary N) is 1. The van der Waals surface area contributed by atoms with Crippen molar-refractivity contribution in [3.05, 3.63) is 12.2 Å². The average Bonchev–Trinajstić information content (AvgIpc) is 2.09. The van der Waals surface area contributed by atoms with Gasteiger partial charge in [0.2, 0.25) is 11.8 Å². The second-order valence-electron chi connectivity index (χ2n) is 4.16. The van der Waals surface area contributed by atoms with Crippen LogP contribution in [0.4, 0.5) is 0 Å². The highest BCUT2D eigenvalue weighted by Gasteiger charge is 2.43. The van der Waals surface area contributed by atoms with Crippen molar-refractivity contribution >= 4 is 11.8 Å². The van der Waals surface area contributed by atoms with Gasteiger partial charge in [-0.25, -0.2) is 0 Å². The lowest BCUT2D eigenvalue weighted by atomic mass is 9.92. The van der Waals surface area contributed by atoms with Crippen molar-refractivity contribution in [1.82, 2.24) is 10.2 Å². The number of fused-ring (bicyclic) bond motifs is 1. The van der Waals surface area contributed by atoms with Gasteiger partial charge in [0.15, 0.2) is 0 Å². The summed E-state index contributed by atoms with van der Waals surface area (Å²) in [5, 5.41) is 2.84. The molecule has 1 unspecified atom stereocenters. The number of amides is 2. The van der Waals surface area contributed by atoms with Crippen molar-refractivity contribution in [1.29, 1.82) is 0 Å². The van der Waals surface area contributed by atoms with Crippen LogP contribution in [0.1, 0.15) is 26.2 Å². The van der Waals surface area contributed by atoms with E-state index in [0.29, 0.717) is 18.5 Å². The van der Waals surface area contributed by atoms with Crippen LogP contribution in [0.5, 0.6) is 0 Å². The SMILES string of the molecule is C=C1CN2C(=O)CCCC2(C)NC1=O. The van der Waals surface area contributed by atoms with Gasteiger partial charge >= 0.3 is 0 Å². The molecule has 1 atom stereocenters. The van der Waals surface area contributed by atoms with Gasteiger partial charge in [0.05, 0.1) is 6.54 Å². The Kier molecular flexibility index (Phi) is 1.87. The second kappa shape index (κ2) is 2.83. The van der Waals surface area contributed by atoms with Gasteiger partial charge in [-0.1, -0.05) is 6.58 Å².